The molecule has 1 aromatic carbocycles. The Balaban J connectivity index is 1.28. The highest BCUT2D eigenvalue weighted by Crippen LogP contribution is 2.37. The van der Waals surface area contributed by atoms with E-state index in [1.165, 1.54) is 6.92 Å². The first-order chi connectivity index (χ1) is 20.1. The number of Topliss-reactive ketones (excluding diaryl/α,β-unsaturated/α-hetero) is 1. The number of hydrogen-bond donors (Lipinski definition) is 2. The summed E-state index contributed by atoms with van der Waals surface area (Å²) >= 11 is 0. The Morgan fingerprint density at radius 2 is 1.67 bits per heavy atom. The first-order valence-corrected chi connectivity index (χ1v) is 15.3. The molecule has 1 aliphatic carbocycles. The third kappa shape index (κ3) is 6.02. The first kappa shape index (κ1) is 30.0. The molecule has 4 aliphatic rings. The van der Waals surface area contributed by atoms with E-state index in [-0.39, 0.29) is 41.9 Å². The van der Waals surface area contributed by atoms with E-state index in [0.29, 0.717) is 51.0 Å². The van der Waals surface area contributed by atoms with Gasteiger partial charge in [0.05, 0.1) is 25.8 Å². The second kappa shape index (κ2) is 12.4. The summed E-state index contributed by atoms with van der Waals surface area (Å²) in [4.78, 5) is 71.6. The van der Waals surface area contributed by atoms with Crippen LogP contribution in [0.5, 0.6) is 0 Å². The second-order valence-electron chi connectivity index (χ2n) is 12.5. The van der Waals surface area contributed by atoms with Gasteiger partial charge in [0.1, 0.15) is 17.6 Å². The molecule has 5 rings (SSSR count). The summed E-state index contributed by atoms with van der Waals surface area (Å²) in [5.74, 6) is -1.18. The number of ether oxygens (including phenoxy) is 1. The summed E-state index contributed by atoms with van der Waals surface area (Å²) in [5.41, 5.74) is 0.495. The molecule has 42 heavy (non-hydrogen) atoms. The highest BCUT2D eigenvalue weighted by molar-refractivity contribution is 6.02. The van der Waals surface area contributed by atoms with Gasteiger partial charge in [-0.15, -0.1) is 0 Å². The molecular formula is C31H43N5O6. The van der Waals surface area contributed by atoms with Crippen molar-refractivity contribution in [2.45, 2.75) is 83.0 Å². The number of amides is 4. The zero-order valence-corrected chi connectivity index (χ0v) is 24.9. The highest BCUT2D eigenvalue weighted by atomic mass is 16.5. The molecular weight excluding hydrogens is 538 g/mol. The number of carbonyl (C=O) groups excluding carboxylic acids is 5. The number of benzene rings is 1. The van der Waals surface area contributed by atoms with E-state index in [0.717, 1.165) is 31.6 Å². The average Bonchev–Trinajstić information content (AvgIpc) is 3.70. The molecule has 11 heteroatoms. The zero-order chi connectivity index (χ0) is 30.0. The summed E-state index contributed by atoms with van der Waals surface area (Å²) in [6, 6.07) is 5.38. The van der Waals surface area contributed by atoms with Gasteiger partial charge in [0, 0.05) is 37.8 Å². The number of hydrogen-bond acceptors (Lipinski definition) is 7. The Bertz CT molecular complexity index is 1200. The Labute approximate surface area is 247 Å². The van der Waals surface area contributed by atoms with E-state index in [9.17, 15) is 24.0 Å². The summed E-state index contributed by atoms with van der Waals surface area (Å²) < 4.78 is 5.42. The number of likely N-dealkylation sites (tertiary alicyclic amines) is 2. The molecule has 1 saturated carbocycles. The van der Waals surface area contributed by atoms with Gasteiger partial charge in [0.25, 0.3) is 5.91 Å². The van der Waals surface area contributed by atoms with Crippen LogP contribution in [0.4, 0.5) is 5.69 Å². The maximum absolute atomic E-state index is 13.9. The Hall–Kier alpha value is -3.47. The van der Waals surface area contributed by atoms with E-state index in [1.54, 1.807) is 21.9 Å². The van der Waals surface area contributed by atoms with Crippen LogP contribution in [-0.4, -0.2) is 102 Å². The van der Waals surface area contributed by atoms with E-state index < -0.39 is 23.7 Å². The monoisotopic (exact) mass is 581 g/mol. The van der Waals surface area contributed by atoms with Gasteiger partial charge in [0.15, 0.2) is 5.78 Å². The SMILES string of the molecule is CC(=O)NC1(C(=O)N2CC(=O)C3C2CCN3C(=O)C(CC(C)C)NC(=O)c2ccc(N3CCOCC3)cc2)CCCC1. The molecule has 228 valence electrons. The second-order valence-corrected chi connectivity index (χ2v) is 12.5. The van der Waals surface area contributed by atoms with Crippen molar-refractivity contribution < 1.29 is 28.7 Å². The lowest BCUT2D eigenvalue weighted by Gasteiger charge is -2.35. The van der Waals surface area contributed by atoms with Crippen LogP contribution in [-0.2, 0) is 23.9 Å². The summed E-state index contributed by atoms with van der Waals surface area (Å²) in [5, 5.41) is 5.82. The number of anilines is 1. The number of nitrogens with zero attached hydrogens (tertiary/aromatic N) is 3. The largest absolute Gasteiger partial charge is 0.378 e. The number of rotatable bonds is 8. The van der Waals surface area contributed by atoms with Crippen LogP contribution >= 0.6 is 0 Å². The van der Waals surface area contributed by atoms with Gasteiger partial charge in [-0.1, -0.05) is 26.7 Å². The lowest BCUT2D eigenvalue weighted by Crippen LogP contribution is -2.59. The topological polar surface area (TPSA) is 128 Å². The number of carbonyl (C=O) groups is 5. The molecule has 0 aromatic heterocycles. The van der Waals surface area contributed by atoms with Gasteiger partial charge < -0.3 is 30.1 Å². The molecule has 0 radical (unpaired) electrons. The minimum Gasteiger partial charge on any atom is -0.378 e. The predicted molar refractivity (Wildman–Crippen MR) is 156 cm³/mol. The number of nitrogens with one attached hydrogen (secondary N) is 2. The number of ketones is 1. The van der Waals surface area contributed by atoms with Gasteiger partial charge in [-0.25, -0.2) is 0 Å². The van der Waals surface area contributed by atoms with Crippen LogP contribution in [0.25, 0.3) is 0 Å². The lowest BCUT2D eigenvalue weighted by atomic mass is 9.94. The van der Waals surface area contributed by atoms with Gasteiger partial charge in [-0.2, -0.15) is 0 Å². The van der Waals surface area contributed by atoms with E-state index in [2.05, 4.69) is 15.5 Å². The summed E-state index contributed by atoms with van der Waals surface area (Å²) in [6.07, 6.45) is 3.67. The average molecular weight is 582 g/mol. The molecule has 4 fully saturated rings. The summed E-state index contributed by atoms with van der Waals surface area (Å²) in [6.45, 7) is 8.57. The normalized spacial score (nSPS) is 24.1. The number of fused-ring (bicyclic) bond motifs is 1. The van der Waals surface area contributed by atoms with Crippen molar-refractivity contribution in [2.75, 3.05) is 44.3 Å². The zero-order valence-electron chi connectivity index (χ0n) is 24.9. The molecule has 1 aromatic rings. The van der Waals surface area contributed by atoms with Gasteiger partial charge >= 0.3 is 0 Å². The lowest BCUT2D eigenvalue weighted by molar-refractivity contribution is -0.142. The molecule has 3 aliphatic heterocycles. The molecule has 3 atom stereocenters. The van der Waals surface area contributed by atoms with Crippen molar-refractivity contribution in [2.24, 2.45) is 5.92 Å². The highest BCUT2D eigenvalue weighted by Gasteiger charge is 2.56. The minimum atomic E-state index is -0.982. The molecule has 11 nitrogen and oxygen atoms in total. The van der Waals surface area contributed by atoms with Gasteiger partial charge in [0.2, 0.25) is 17.7 Å². The van der Waals surface area contributed by atoms with Crippen LogP contribution in [0.3, 0.4) is 0 Å². The van der Waals surface area contributed by atoms with Crippen molar-refractivity contribution in [3.05, 3.63) is 29.8 Å². The van der Waals surface area contributed by atoms with Gasteiger partial charge in [-0.05, 0) is 55.9 Å². The van der Waals surface area contributed by atoms with E-state index >= 15 is 0 Å². The van der Waals surface area contributed by atoms with Gasteiger partial charge in [-0.3, -0.25) is 24.0 Å². The van der Waals surface area contributed by atoms with E-state index in [1.807, 2.05) is 26.0 Å². The van der Waals surface area contributed by atoms with Crippen LogP contribution in [0.15, 0.2) is 24.3 Å². The maximum atomic E-state index is 13.9. The molecule has 3 unspecified atom stereocenters. The third-order valence-corrected chi connectivity index (χ3v) is 9.06. The van der Waals surface area contributed by atoms with Crippen molar-refractivity contribution in [3.63, 3.8) is 0 Å². The molecule has 3 saturated heterocycles. The Kier molecular flexibility index (Phi) is 8.86. The van der Waals surface area contributed by atoms with Crippen molar-refractivity contribution in [3.8, 4) is 0 Å². The maximum Gasteiger partial charge on any atom is 0.251 e. The van der Waals surface area contributed by atoms with E-state index in [4.69, 9.17) is 4.74 Å². The van der Waals surface area contributed by atoms with Crippen LogP contribution in [0, 0.1) is 5.92 Å². The van der Waals surface area contributed by atoms with Crippen LogP contribution < -0.4 is 15.5 Å². The molecule has 4 amide bonds. The Morgan fingerprint density at radius 3 is 2.29 bits per heavy atom. The smallest absolute Gasteiger partial charge is 0.251 e. The summed E-state index contributed by atoms with van der Waals surface area (Å²) in [7, 11) is 0. The fourth-order valence-electron chi connectivity index (χ4n) is 7.10. The quantitative estimate of drug-likeness (QED) is 0.476. The fraction of sp³-hybridized carbons (Fsp3) is 0.645. The predicted octanol–water partition coefficient (Wildman–Crippen LogP) is 1.50. The van der Waals surface area contributed by atoms with Crippen molar-refractivity contribution >= 4 is 35.1 Å². The number of morpholine rings is 1. The molecule has 0 bridgehead atoms. The standard InChI is InChI=1S/C31H43N5O6/c1-20(2)18-24(32-28(39)22-6-8-23(9-7-22)34-14-16-42-17-15-34)29(40)35-13-10-25-27(35)26(38)19-36(25)30(41)31(33-21(3)37)11-4-5-12-31/h6-9,20,24-25,27H,4-5,10-19H2,1-3H3,(H,32,39)(H,33,37). The Morgan fingerprint density at radius 1 is 1.00 bits per heavy atom. The minimum absolute atomic E-state index is 0.0734. The molecule has 0 spiro atoms. The molecule has 3 heterocycles. The van der Waals surface area contributed by atoms with Crippen LogP contribution in [0.1, 0.15) is 69.7 Å². The van der Waals surface area contributed by atoms with Crippen LogP contribution in [0.2, 0.25) is 0 Å². The third-order valence-electron chi connectivity index (χ3n) is 9.06. The first-order valence-electron chi connectivity index (χ1n) is 15.3. The fourth-order valence-corrected chi connectivity index (χ4v) is 7.10. The van der Waals surface area contributed by atoms with Crippen molar-refractivity contribution in [1.82, 2.24) is 20.4 Å². The van der Waals surface area contributed by atoms with Crippen molar-refractivity contribution in [1.29, 1.82) is 0 Å². The molecule has 2 N–H and O–H groups in total.